The SMILES string of the molecule is Cc1ccc(C(CCc2ccccc2)(C(N)=O)N(C(=O)c2csnn2)C2CC2)o1. The molecule has 4 rings (SSSR count). The fraction of sp³-hybridized carbons (Fsp3) is 0.333. The van der Waals surface area contributed by atoms with Gasteiger partial charge in [0.1, 0.15) is 11.5 Å². The summed E-state index contributed by atoms with van der Waals surface area (Å²) in [6, 6.07) is 13.3. The fourth-order valence-electron chi connectivity index (χ4n) is 3.72. The molecule has 7 nitrogen and oxygen atoms in total. The number of nitrogens with zero attached hydrogens (tertiary/aromatic N) is 3. The van der Waals surface area contributed by atoms with Crippen LogP contribution in [0, 0.1) is 6.92 Å². The van der Waals surface area contributed by atoms with Gasteiger partial charge in [-0.3, -0.25) is 9.59 Å². The van der Waals surface area contributed by atoms with Crippen LogP contribution in [0.3, 0.4) is 0 Å². The smallest absolute Gasteiger partial charge is 0.276 e. The Hall–Kier alpha value is -3.00. The van der Waals surface area contributed by atoms with Gasteiger partial charge in [0.2, 0.25) is 0 Å². The number of benzene rings is 1. The number of nitrogens with two attached hydrogens (primary N) is 1. The molecule has 2 amide bonds. The molecule has 1 aliphatic rings. The van der Waals surface area contributed by atoms with Crippen LogP contribution >= 0.6 is 11.5 Å². The number of rotatable bonds is 8. The molecule has 2 aromatic heterocycles. The molecule has 8 heteroatoms. The second-order valence-corrected chi connectivity index (χ2v) is 7.93. The molecule has 3 aromatic rings. The molecular weight excluding hydrogens is 388 g/mol. The van der Waals surface area contributed by atoms with Crippen LogP contribution in [-0.2, 0) is 16.8 Å². The Balaban J connectivity index is 1.81. The Morgan fingerprint density at radius 2 is 2.00 bits per heavy atom. The van der Waals surface area contributed by atoms with Gasteiger partial charge in [-0.15, -0.1) is 5.10 Å². The van der Waals surface area contributed by atoms with Crippen LogP contribution in [0.25, 0.3) is 0 Å². The molecule has 0 radical (unpaired) electrons. The van der Waals surface area contributed by atoms with Crippen molar-refractivity contribution >= 4 is 23.3 Å². The van der Waals surface area contributed by atoms with Crippen molar-refractivity contribution in [1.82, 2.24) is 14.5 Å². The summed E-state index contributed by atoms with van der Waals surface area (Å²) in [5.74, 6) is 0.0964. The first-order valence-electron chi connectivity index (χ1n) is 9.54. The molecule has 1 atom stereocenters. The number of aromatic nitrogens is 2. The van der Waals surface area contributed by atoms with Crippen LogP contribution in [0.5, 0.6) is 0 Å². The van der Waals surface area contributed by atoms with Gasteiger partial charge in [0.15, 0.2) is 11.2 Å². The van der Waals surface area contributed by atoms with Crippen molar-refractivity contribution in [3.63, 3.8) is 0 Å². The number of carbonyl (C=O) groups excluding carboxylic acids is 2. The molecule has 29 heavy (non-hydrogen) atoms. The van der Waals surface area contributed by atoms with E-state index >= 15 is 0 Å². The summed E-state index contributed by atoms with van der Waals surface area (Å²) in [7, 11) is 0. The van der Waals surface area contributed by atoms with Gasteiger partial charge in [-0.1, -0.05) is 34.8 Å². The Bertz CT molecular complexity index is 998. The van der Waals surface area contributed by atoms with Crippen molar-refractivity contribution in [2.45, 2.75) is 44.2 Å². The molecule has 1 saturated carbocycles. The average molecular weight is 410 g/mol. The van der Waals surface area contributed by atoms with Gasteiger partial charge in [0, 0.05) is 11.4 Å². The van der Waals surface area contributed by atoms with Gasteiger partial charge in [-0.25, -0.2) is 0 Å². The monoisotopic (exact) mass is 410 g/mol. The van der Waals surface area contributed by atoms with Crippen molar-refractivity contribution in [3.05, 3.63) is 70.6 Å². The highest BCUT2D eigenvalue weighted by Gasteiger charge is 2.54. The Morgan fingerprint density at radius 3 is 2.55 bits per heavy atom. The first-order chi connectivity index (χ1) is 14.0. The van der Waals surface area contributed by atoms with Gasteiger partial charge in [-0.2, -0.15) is 0 Å². The highest BCUT2D eigenvalue weighted by molar-refractivity contribution is 7.03. The van der Waals surface area contributed by atoms with E-state index in [1.165, 1.54) is 0 Å². The summed E-state index contributed by atoms with van der Waals surface area (Å²) in [6.45, 7) is 1.81. The maximum Gasteiger partial charge on any atom is 0.276 e. The third-order valence-electron chi connectivity index (χ3n) is 5.30. The lowest BCUT2D eigenvalue weighted by molar-refractivity contribution is -0.131. The molecule has 150 valence electrons. The third kappa shape index (κ3) is 3.67. The molecule has 1 fully saturated rings. The summed E-state index contributed by atoms with van der Waals surface area (Å²) < 4.78 is 9.70. The Labute approximate surface area is 172 Å². The third-order valence-corrected chi connectivity index (χ3v) is 5.80. The zero-order valence-electron chi connectivity index (χ0n) is 16.1. The van der Waals surface area contributed by atoms with Gasteiger partial charge in [-0.05, 0) is 61.8 Å². The van der Waals surface area contributed by atoms with Gasteiger partial charge in [0.05, 0.1) is 0 Å². The molecule has 2 N–H and O–H groups in total. The lowest BCUT2D eigenvalue weighted by Crippen LogP contribution is -2.58. The highest BCUT2D eigenvalue weighted by atomic mass is 32.1. The van der Waals surface area contributed by atoms with E-state index in [2.05, 4.69) is 9.59 Å². The van der Waals surface area contributed by atoms with Crippen molar-refractivity contribution in [2.75, 3.05) is 0 Å². The van der Waals surface area contributed by atoms with Crippen LogP contribution in [-0.4, -0.2) is 32.3 Å². The van der Waals surface area contributed by atoms with Crippen LogP contribution < -0.4 is 5.73 Å². The minimum atomic E-state index is -1.40. The number of hydrogen-bond donors (Lipinski definition) is 1. The number of aryl methyl sites for hydroxylation is 2. The summed E-state index contributed by atoms with van der Waals surface area (Å²) in [5, 5.41) is 5.52. The fourth-order valence-corrected chi connectivity index (χ4v) is 4.15. The van der Waals surface area contributed by atoms with Gasteiger partial charge < -0.3 is 15.1 Å². The van der Waals surface area contributed by atoms with Gasteiger partial charge in [0.25, 0.3) is 11.8 Å². The lowest BCUT2D eigenvalue weighted by Gasteiger charge is -2.40. The second kappa shape index (κ2) is 7.79. The molecule has 2 heterocycles. The van der Waals surface area contributed by atoms with E-state index in [1.807, 2.05) is 30.3 Å². The average Bonchev–Trinajstić information content (AvgIpc) is 3.20. The zero-order valence-corrected chi connectivity index (χ0v) is 16.9. The molecule has 1 aliphatic carbocycles. The minimum Gasteiger partial charge on any atom is -0.463 e. The van der Waals surface area contributed by atoms with E-state index < -0.39 is 11.4 Å². The number of amides is 2. The maximum atomic E-state index is 13.4. The normalized spacial score (nSPS) is 15.6. The standard InChI is InChI=1S/C21H22N4O3S/c1-14-7-10-18(28-14)21(20(22)27,12-11-15-5-3-2-4-6-15)25(16-8-9-16)19(26)17-13-29-24-23-17/h2-7,10,13,16H,8-9,11-12H2,1H3,(H2,22,27). The second-order valence-electron chi connectivity index (χ2n) is 7.32. The highest BCUT2D eigenvalue weighted by Crippen LogP contribution is 2.43. The van der Waals surface area contributed by atoms with Crippen LogP contribution in [0.1, 0.15) is 46.8 Å². The van der Waals surface area contributed by atoms with Crippen LogP contribution in [0.4, 0.5) is 0 Å². The van der Waals surface area contributed by atoms with Gasteiger partial charge >= 0.3 is 0 Å². The predicted octanol–water partition coefficient (Wildman–Crippen LogP) is 3.06. The van der Waals surface area contributed by atoms with E-state index in [-0.39, 0.29) is 17.6 Å². The van der Waals surface area contributed by atoms with Crippen LogP contribution in [0.15, 0.2) is 52.3 Å². The topological polar surface area (TPSA) is 102 Å². The van der Waals surface area contributed by atoms with E-state index in [9.17, 15) is 9.59 Å². The quantitative estimate of drug-likeness (QED) is 0.615. The lowest BCUT2D eigenvalue weighted by atomic mass is 9.85. The molecule has 0 aliphatic heterocycles. The first kappa shape index (κ1) is 19.3. The van der Waals surface area contributed by atoms with E-state index in [0.29, 0.717) is 24.4 Å². The zero-order chi connectivity index (χ0) is 20.4. The van der Waals surface area contributed by atoms with E-state index in [0.717, 1.165) is 29.9 Å². The first-order valence-corrected chi connectivity index (χ1v) is 10.4. The minimum absolute atomic E-state index is 0.0853. The van der Waals surface area contributed by atoms with Crippen molar-refractivity contribution < 1.29 is 14.0 Å². The number of carbonyl (C=O) groups is 2. The number of furan rings is 1. The van der Waals surface area contributed by atoms with E-state index in [1.54, 1.807) is 29.3 Å². The van der Waals surface area contributed by atoms with Crippen molar-refractivity contribution in [3.8, 4) is 0 Å². The summed E-state index contributed by atoms with van der Waals surface area (Å²) in [6.07, 6.45) is 2.50. The molecule has 1 aromatic carbocycles. The van der Waals surface area contributed by atoms with Crippen molar-refractivity contribution in [2.24, 2.45) is 5.73 Å². The van der Waals surface area contributed by atoms with E-state index in [4.69, 9.17) is 10.2 Å². The molecule has 1 unspecified atom stereocenters. The predicted molar refractivity (Wildman–Crippen MR) is 108 cm³/mol. The molecular formula is C21H22N4O3S. The van der Waals surface area contributed by atoms with Crippen LogP contribution in [0.2, 0.25) is 0 Å². The number of primary amides is 1. The summed E-state index contributed by atoms with van der Waals surface area (Å²) in [5.41, 5.74) is 5.89. The Morgan fingerprint density at radius 1 is 1.24 bits per heavy atom. The number of hydrogen-bond acceptors (Lipinski definition) is 6. The summed E-state index contributed by atoms with van der Waals surface area (Å²) >= 11 is 1.10. The maximum absolute atomic E-state index is 13.4. The van der Waals surface area contributed by atoms with Crippen molar-refractivity contribution in [1.29, 1.82) is 0 Å². The summed E-state index contributed by atoms with van der Waals surface area (Å²) in [4.78, 5) is 28.0. The largest absolute Gasteiger partial charge is 0.463 e. The molecule has 0 spiro atoms. The molecule has 0 bridgehead atoms. The Kier molecular flexibility index (Phi) is 5.19. The molecule has 0 saturated heterocycles.